The van der Waals surface area contributed by atoms with Crippen molar-refractivity contribution in [1.29, 1.82) is 0 Å². The number of hydrogen-bond donors (Lipinski definition) is 2. The highest BCUT2D eigenvalue weighted by atomic mass is 19.2. The molecule has 1 aromatic carbocycles. The second-order valence-electron chi connectivity index (χ2n) is 11.5. The minimum absolute atomic E-state index is 0.0204. The molecule has 4 bridgehead atoms. The van der Waals surface area contributed by atoms with Crippen molar-refractivity contribution < 1.29 is 46.6 Å². The van der Waals surface area contributed by atoms with Crippen molar-refractivity contribution in [2.24, 2.45) is 29.1 Å². The third-order valence-electron chi connectivity index (χ3n) is 9.04. The smallest absolute Gasteiger partial charge is 0.305 e. The number of Topliss-reactive ketones (excluding diaryl/α,β-unsaturated/α-hetero) is 1. The summed E-state index contributed by atoms with van der Waals surface area (Å²) in [5.74, 6) is -10.1. The largest absolute Gasteiger partial charge is 0.481 e. The normalized spacial score (nSPS) is 28.4. The van der Waals surface area contributed by atoms with E-state index in [1.807, 2.05) is 4.90 Å². The van der Waals surface area contributed by atoms with Crippen LogP contribution >= 0.6 is 0 Å². The number of rotatable bonds is 9. The van der Waals surface area contributed by atoms with Gasteiger partial charge in [0, 0.05) is 25.1 Å². The van der Waals surface area contributed by atoms with Crippen LogP contribution in [0.1, 0.15) is 51.4 Å². The lowest BCUT2D eigenvalue weighted by molar-refractivity contribution is -0.148. The Bertz CT molecular complexity index is 1160. The summed E-state index contributed by atoms with van der Waals surface area (Å²) < 4.78 is 59.1. The molecule has 0 spiro atoms. The topological polar surface area (TPSA) is 113 Å². The number of hydrogen-bond acceptors (Lipinski definition) is 5. The number of aliphatic carboxylic acids is 1. The molecule has 4 saturated carbocycles. The van der Waals surface area contributed by atoms with E-state index in [2.05, 4.69) is 10.1 Å². The monoisotopic (exact) mass is 554 g/mol. The number of nitrogens with one attached hydrogen (secondary N) is 1. The summed E-state index contributed by atoms with van der Waals surface area (Å²) in [6.45, 7) is -0.376. The van der Waals surface area contributed by atoms with Gasteiger partial charge in [0.1, 0.15) is 12.6 Å². The molecule has 1 heterocycles. The molecule has 3 atom stereocenters. The van der Waals surface area contributed by atoms with Gasteiger partial charge in [0.05, 0.1) is 11.8 Å². The first-order valence-corrected chi connectivity index (χ1v) is 13.3. The molecule has 5 fully saturated rings. The van der Waals surface area contributed by atoms with Gasteiger partial charge in [-0.25, -0.2) is 8.78 Å². The van der Waals surface area contributed by atoms with Crippen molar-refractivity contribution in [3.8, 4) is 5.75 Å². The minimum Gasteiger partial charge on any atom is -0.481 e. The lowest BCUT2D eigenvalue weighted by atomic mass is 9.68. The highest BCUT2D eigenvalue weighted by Gasteiger charge is 2.60. The van der Waals surface area contributed by atoms with Crippen molar-refractivity contribution in [3.63, 3.8) is 0 Å². The molecule has 1 saturated heterocycles. The second-order valence-corrected chi connectivity index (χ2v) is 11.5. The van der Waals surface area contributed by atoms with E-state index in [-0.39, 0.29) is 17.4 Å². The second kappa shape index (κ2) is 10.4. The lowest BCUT2D eigenvalue weighted by Crippen LogP contribution is -2.51. The van der Waals surface area contributed by atoms with Crippen LogP contribution in [0.25, 0.3) is 0 Å². The highest BCUT2D eigenvalue weighted by Crippen LogP contribution is 2.64. The van der Waals surface area contributed by atoms with Crippen LogP contribution in [0.15, 0.2) is 6.07 Å². The SMILES string of the molecule is O=C(O)C[C@H](NC(=O)C1CCN(C(=O)C23CC4CC(C2)C(C4)C3)CC1)C(=O)COc1c(F)c(F)cc(F)c1F. The number of amides is 2. The molecule has 0 aromatic heterocycles. The third kappa shape index (κ3) is 5.21. The van der Waals surface area contributed by atoms with Crippen molar-refractivity contribution >= 4 is 23.6 Å². The Labute approximate surface area is 222 Å². The molecule has 2 unspecified atom stereocenters. The van der Waals surface area contributed by atoms with Crippen LogP contribution in [0.5, 0.6) is 5.75 Å². The van der Waals surface area contributed by atoms with E-state index >= 15 is 0 Å². The number of ether oxygens (including phenoxy) is 1. The average Bonchev–Trinajstić information content (AvgIpc) is 3.32. The van der Waals surface area contributed by atoms with Gasteiger partial charge in [-0.05, 0) is 62.7 Å². The maximum absolute atomic E-state index is 13.8. The summed E-state index contributed by atoms with van der Waals surface area (Å²) in [6.07, 6.45) is 5.14. The van der Waals surface area contributed by atoms with Gasteiger partial charge in [0.2, 0.25) is 23.4 Å². The van der Waals surface area contributed by atoms with Crippen LogP contribution in [-0.4, -0.2) is 59.3 Å². The van der Waals surface area contributed by atoms with Gasteiger partial charge in [-0.15, -0.1) is 0 Å². The molecule has 1 aliphatic heterocycles. The van der Waals surface area contributed by atoms with Crippen molar-refractivity contribution in [3.05, 3.63) is 29.3 Å². The number of benzene rings is 1. The van der Waals surface area contributed by atoms with E-state index in [9.17, 15) is 41.8 Å². The predicted molar refractivity (Wildman–Crippen MR) is 126 cm³/mol. The Morgan fingerprint density at radius 3 is 2.13 bits per heavy atom. The van der Waals surface area contributed by atoms with Crippen LogP contribution in [0.4, 0.5) is 17.6 Å². The van der Waals surface area contributed by atoms with Gasteiger partial charge in [-0.2, -0.15) is 8.78 Å². The molecule has 6 rings (SSSR count). The summed E-state index contributed by atoms with van der Waals surface area (Å²) in [6, 6.07) is -1.62. The number of carboxylic acid groups (broad SMARTS) is 1. The Morgan fingerprint density at radius 2 is 1.59 bits per heavy atom. The van der Waals surface area contributed by atoms with Crippen LogP contribution in [0.3, 0.4) is 0 Å². The zero-order chi connectivity index (χ0) is 28.1. The Morgan fingerprint density at radius 1 is 1.00 bits per heavy atom. The number of ketones is 1. The number of carboxylic acids is 1. The van der Waals surface area contributed by atoms with Gasteiger partial charge < -0.3 is 20.1 Å². The van der Waals surface area contributed by atoms with E-state index in [1.165, 1.54) is 12.8 Å². The number of carbonyl (C=O) groups excluding carboxylic acids is 3. The maximum atomic E-state index is 13.8. The Balaban J connectivity index is 1.16. The first-order valence-electron chi connectivity index (χ1n) is 13.3. The standard InChI is InChI=1S/C27H30F4N2O6/c28-17-7-18(29)23(31)24(22(17)30)39-12-20(34)19(8-21(35)36)32-25(37)14-1-3-33(4-2-14)26(38)27-9-13-5-15(10-27)16(6-13)11-27/h7,13-16,19H,1-6,8-12H2,(H,32,37)(H,35,36)/t13?,15?,16?,19-,27?/m0/s1. The number of nitrogens with zero attached hydrogens (tertiary/aromatic N) is 1. The first-order chi connectivity index (χ1) is 18.5. The Kier molecular flexibility index (Phi) is 7.32. The predicted octanol–water partition coefficient (Wildman–Crippen LogP) is 3.22. The summed E-state index contributed by atoms with van der Waals surface area (Å²) in [5.41, 5.74) is -0.270. The molecular weight excluding hydrogens is 524 g/mol. The fourth-order valence-electron chi connectivity index (χ4n) is 7.38. The Hall–Kier alpha value is -3.18. The zero-order valence-electron chi connectivity index (χ0n) is 21.2. The molecular formula is C27H30F4N2O6. The lowest BCUT2D eigenvalue weighted by Gasteiger charge is -2.42. The molecule has 2 N–H and O–H groups in total. The van der Waals surface area contributed by atoms with Gasteiger partial charge >= 0.3 is 5.97 Å². The number of piperidine rings is 1. The summed E-state index contributed by atoms with van der Waals surface area (Å²) in [7, 11) is 0. The highest BCUT2D eigenvalue weighted by molar-refractivity contribution is 5.93. The average molecular weight is 555 g/mol. The van der Waals surface area contributed by atoms with E-state index in [1.54, 1.807) is 0 Å². The summed E-state index contributed by atoms with van der Waals surface area (Å²) in [4.78, 5) is 52.1. The van der Waals surface area contributed by atoms with Gasteiger partial charge in [0.25, 0.3) is 0 Å². The molecule has 12 heteroatoms. The van der Waals surface area contributed by atoms with E-state index < -0.39 is 71.7 Å². The molecule has 4 aliphatic carbocycles. The van der Waals surface area contributed by atoms with Gasteiger partial charge in [-0.1, -0.05) is 0 Å². The zero-order valence-corrected chi connectivity index (χ0v) is 21.2. The molecule has 1 aromatic rings. The van der Waals surface area contributed by atoms with Crippen molar-refractivity contribution in [2.45, 2.75) is 57.4 Å². The van der Waals surface area contributed by atoms with Crippen molar-refractivity contribution in [2.75, 3.05) is 19.7 Å². The maximum Gasteiger partial charge on any atom is 0.305 e. The first kappa shape index (κ1) is 27.4. The van der Waals surface area contributed by atoms with E-state index in [4.69, 9.17) is 0 Å². The number of carbonyl (C=O) groups is 4. The fourth-order valence-corrected chi connectivity index (χ4v) is 7.38. The molecule has 212 valence electrons. The third-order valence-corrected chi connectivity index (χ3v) is 9.04. The summed E-state index contributed by atoms with van der Waals surface area (Å²) in [5, 5.41) is 11.5. The van der Waals surface area contributed by atoms with E-state index in [0.717, 1.165) is 19.3 Å². The number of likely N-dealkylation sites (tertiary alicyclic amines) is 1. The fraction of sp³-hybridized carbons (Fsp3) is 0.630. The number of halogens is 4. The van der Waals surface area contributed by atoms with Gasteiger partial charge in [0.15, 0.2) is 23.2 Å². The molecule has 5 aliphatic rings. The van der Waals surface area contributed by atoms with Crippen LogP contribution in [-0.2, 0) is 19.2 Å². The summed E-state index contributed by atoms with van der Waals surface area (Å²) >= 11 is 0. The molecule has 8 nitrogen and oxygen atoms in total. The quantitative estimate of drug-likeness (QED) is 0.358. The van der Waals surface area contributed by atoms with E-state index in [0.29, 0.717) is 43.7 Å². The molecule has 39 heavy (non-hydrogen) atoms. The van der Waals surface area contributed by atoms with Crippen LogP contribution in [0.2, 0.25) is 0 Å². The molecule has 0 radical (unpaired) electrons. The molecule has 2 amide bonds. The van der Waals surface area contributed by atoms with Crippen LogP contribution < -0.4 is 10.1 Å². The minimum atomic E-state index is -1.85. The van der Waals surface area contributed by atoms with Crippen molar-refractivity contribution in [1.82, 2.24) is 10.2 Å². The van der Waals surface area contributed by atoms with Gasteiger partial charge in [-0.3, -0.25) is 19.2 Å². The van der Waals surface area contributed by atoms with Crippen LogP contribution in [0, 0.1) is 52.4 Å².